The third-order valence-electron chi connectivity index (χ3n) is 2.43. The van der Waals surface area contributed by atoms with E-state index in [1.165, 1.54) is 29.2 Å². The average molecular weight is 246 g/mol. The molecule has 0 saturated heterocycles. The van der Waals surface area contributed by atoms with Crippen LogP contribution in [0, 0.1) is 0 Å². The normalized spacial score (nSPS) is 10.2. The molecule has 2 aromatic rings. The van der Waals surface area contributed by atoms with Crippen LogP contribution >= 0.6 is 0 Å². The number of nitrogens with zero attached hydrogens (tertiary/aromatic N) is 2. The first kappa shape index (κ1) is 11.8. The monoisotopic (exact) mass is 246 g/mol. The minimum atomic E-state index is -1.15. The third kappa shape index (κ3) is 2.37. The number of hydrogen-bond donors (Lipinski definition) is 2. The number of carbonyl (C=O) groups is 2. The average Bonchev–Trinajstić information content (AvgIpc) is 2.81. The van der Waals surface area contributed by atoms with Crippen LogP contribution in [0.15, 0.2) is 36.9 Å². The highest BCUT2D eigenvalue weighted by Gasteiger charge is 2.14. The zero-order chi connectivity index (χ0) is 13.1. The second-order valence-corrected chi connectivity index (χ2v) is 3.70. The van der Waals surface area contributed by atoms with Gasteiger partial charge in [0.25, 0.3) is 0 Å². The van der Waals surface area contributed by atoms with Gasteiger partial charge in [-0.3, -0.25) is 4.79 Å². The molecule has 2 N–H and O–H groups in total. The largest absolute Gasteiger partial charge is 0.507 e. The molecule has 0 unspecified atom stereocenters. The van der Waals surface area contributed by atoms with E-state index in [4.69, 9.17) is 5.11 Å². The summed E-state index contributed by atoms with van der Waals surface area (Å²) in [6, 6.07) is 3.60. The zero-order valence-corrected chi connectivity index (χ0v) is 9.28. The van der Waals surface area contributed by atoms with Crippen LogP contribution in [-0.4, -0.2) is 31.5 Å². The van der Waals surface area contributed by atoms with Gasteiger partial charge in [-0.1, -0.05) is 0 Å². The highest BCUT2D eigenvalue weighted by atomic mass is 16.4. The maximum Gasteiger partial charge on any atom is 0.335 e. The maximum absolute atomic E-state index is 11.9. The number of carbonyl (C=O) groups excluding carboxylic acids is 1. The van der Waals surface area contributed by atoms with E-state index < -0.39 is 5.97 Å². The fourth-order valence-electron chi connectivity index (χ4n) is 1.52. The number of phenolic OH excluding ortho intramolecular Hbond substituents is 1. The molecular weight excluding hydrogens is 236 g/mol. The summed E-state index contributed by atoms with van der Waals surface area (Å²) in [6.45, 7) is -0.00334. The van der Waals surface area contributed by atoms with Crippen LogP contribution in [0.3, 0.4) is 0 Å². The van der Waals surface area contributed by atoms with E-state index in [9.17, 15) is 14.7 Å². The third-order valence-corrected chi connectivity index (χ3v) is 2.43. The van der Waals surface area contributed by atoms with E-state index in [-0.39, 0.29) is 29.2 Å². The predicted molar refractivity (Wildman–Crippen MR) is 61.6 cm³/mol. The number of aromatic hydroxyl groups is 1. The molecular formula is C12H10N2O4. The van der Waals surface area contributed by atoms with Crippen LogP contribution in [0.2, 0.25) is 0 Å². The van der Waals surface area contributed by atoms with Crippen molar-refractivity contribution in [1.82, 2.24) is 9.55 Å². The fourth-order valence-corrected chi connectivity index (χ4v) is 1.52. The van der Waals surface area contributed by atoms with Gasteiger partial charge >= 0.3 is 5.97 Å². The summed E-state index contributed by atoms with van der Waals surface area (Å²) in [7, 11) is 0. The molecule has 18 heavy (non-hydrogen) atoms. The van der Waals surface area contributed by atoms with Gasteiger partial charge in [0.15, 0.2) is 5.78 Å². The Morgan fingerprint density at radius 3 is 2.72 bits per heavy atom. The first-order valence-electron chi connectivity index (χ1n) is 5.13. The fraction of sp³-hybridized carbons (Fsp3) is 0.0833. The quantitative estimate of drug-likeness (QED) is 0.790. The summed E-state index contributed by atoms with van der Waals surface area (Å²) in [5.74, 6) is -1.76. The molecule has 2 rings (SSSR count). The summed E-state index contributed by atoms with van der Waals surface area (Å²) < 4.78 is 1.54. The number of rotatable bonds is 4. The second kappa shape index (κ2) is 4.70. The van der Waals surface area contributed by atoms with Gasteiger partial charge < -0.3 is 14.8 Å². The highest BCUT2D eigenvalue weighted by Crippen LogP contribution is 2.19. The van der Waals surface area contributed by atoms with Crippen molar-refractivity contribution >= 4 is 11.8 Å². The van der Waals surface area contributed by atoms with Crippen LogP contribution in [0.1, 0.15) is 20.7 Å². The van der Waals surface area contributed by atoms with E-state index >= 15 is 0 Å². The molecule has 6 heteroatoms. The molecule has 0 bridgehead atoms. The molecule has 6 nitrogen and oxygen atoms in total. The maximum atomic E-state index is 11.9. The molecule has 0 atom stereocenters. The number of carboxylic acid groups (broad SMARTS) is 1. The summed E-state index contributed by atoms with van der Waals surface area (Å²) in [4.78, 5) is 26.5. The van der Waals surface area contributed by atoms with Crippen LogP contribution in [0.25, 0.3) is 0 Å². The van der Waals surface area contributed by atoms with Crippen molar-refractivity contribution in [3.8, 4) is 5.75 Å². The Labute approximate surface area is 102 Å². The van der Waals surface area contributed by atoms with Gasteiger partial charge in [-0.25, -0.2) is 9.78 Å². The van der Waals surface area contributed by atoms with Crippen LogP contribution in [0.5, 0.6) is 5.75 Å². The van der Waals surface area contributed by atoms with E-state index in [1.807, 2.05) is 0 Å². The van der Waals surface area contributed by atoms with E-state index in [0.29, 0.717) is 0 Å². The molecule has 1 aromatic heterocycles. The summed E-state index contributed by atoms with van der Waals surface area (Å²) in [5.41, 5.74) is -0.0506. The molecule has 0 spiro atoms. The van der Waals surface area contributed by atoms with Crippen molar-refractivity contribution in [3.63, 3.8) is 0 Å². The van der Waals surface area contributed by atoms with Gasteiger partial charge in [0, 0.05) is 12.4 Å². The number of Topliss-reactive ketones (excluding diaryl/α,β-unsaturated/α-hetero) is 1. The van der Waals surface area contributed by atoms with E-state index in [2.05, 4.69) is 4.98 Å². The summed E-state index contributed by atoms with van der Waals surface area (Å²) in [5, 5.41) is 18.4. The highest BCUT2D eigenvalue weighted by molar-refractivity contribution is 6.00. The minimum absolute atomic E-state index is 0.00334. The lowest BCUT2D eigenvalue weighted by Crippen LogP contribution is -2.10. The molecule has 1 heterocycles. The number of benzene rings is 1. The first-order valence-corrected chi connectivity index (χ1v) is 5.13. The molecule has 0 amide bonds. The van der Waals surface area contributed by atoms with Gasteiger partial charge in [0.2, 0.25) is 0 Å². The SMILES string of the molecule is O=C(O)c1ccc(O)c(C(=O)Cn2ccnc2)c1. The Hall–Kier alpha value is -2.63. The Morgan fingerprint density at radius 2 is 2.11 bits per heavy atom. The van der Waals surface area contributed by atoms with Gasteiger partial charge in [0.05, 0.1) is 24.0 Å². The summed E-state index contributed by atoms with van der Waals surface area (Å²) >= 11 is 0. The Morgan fingerprint density at radius 1 is 1.33 bits per heavy atom. The van der Waals surface area contributed by atoms with Crippen molar-refractivity contribution in [2.24, 2.45) is 0 Å². The zero-order valence-electron chi connectivity index (χ0n) is 9.28. The molecule has 1 aromatic carbocycles. The number of ketones is 1. The van der Waals surface area contributed by atoms with Crippen LogP contribution < -0.4 is 0 Å². The minimum Gasteiger partial charge on any atom is -0.507 e. The lowest BCUT2D eigenvalue weighted by Gasteiger charge is -2.05. The predicted octanol–water partition coefficient (Wildman–Crippen LogP) is 1.17. The Balaban J connectivity index is 2.29. The number of hydrogen-bond acceptors (Lipinski definition) is 4. The molecule has 92 valence electrons. The smallest absolute Gasteiger partial charge is 0.335 e. The lowest BCUT2D eigenvalue weighted by atomic mass is 10.1. The first-order chi connectivity index (χ1) is 8.58. The second-order valence-electron chi connectivity index (χ2n) is 3.70. The number of phenols is 1. The van der Waals surface area contributed by atoms with Crippen molar-refractivity contribution < 1.29 is 19.8 Å². The molecule has 0 radical (unpaired) electrons. The van der Waals surface area contributed by atoms with Gasteiger partial charge in [0.1, 0.15) is 5.75 Å². The van der Waals surface area contributed by atoms with Crippen LogP contribution in [0.4, 0.5) is 0 Å². The Kier molecular flexibility index (Phi) is 3.09. The Bertz CT molecular complexity index is 590. The van der Waals surface area contributed by atoms with Crippen molar-refractivity contribution in [2.45, 2.75) is 6.54 Å². The van der Waals surface area contributed by atoms with Crippen molar-refractivity contribution in [2.75, 3.05) is 0 Å². The molecule has 0 saturated carbocycles. The van der Waals surface area contributed by atoms with Crippen LogP contribution in [-0.2, 0) is 6.54 Å². The molecule has 0 fully saturated rings. The molecule has 0 aliphatic carbocycles. The van der Waals surface area contributed by atoms with Gasteiger partial charge in [-0.05, 0) is 18.2 Å². The standard InChI is InChI=1S/C12H10N2O4/c15-10-2-1-8(12(17)18)5-9(10)11(16)6-14-4-3-13-7-14/h1-5,7,15H,6H2,(H,17,18). The number of aromatic carboxylic acids is 1. The van der Waals surface area contributed by atoms with Crippen molar-refractivity contribution in [1.29, 1.82) is 0 Å². The van der Waals surface area contributed by atoms with Crippen molar-refractivity contribution in [3.05, 3.63) is 48.0 Å². The number of imidazole rings is 1. The van der Waals surface area contributed by atoms with E-state index in [1.54, 1.807) is 6.20 Å². The lowest BCUT2D eigenvalue weighted by molar-refractivity contribution is 0.0697. The molecule has 0 aliphatic heterocycles. The molecule has 0 aliphatic rings. The number of aromatic nitrogens is 2. The van der Waals surface area contributed by atoms with Gasteiger partial charge in [-0.2, -0.15) is 0 Å². The topological polar surface area (TPSA) is 92.4 Å². The summed E-state index contributed by atoms with van der Waals surface area (Å²) in [6.07, 6.45) is 4.60. The van der Waals surface area contributed by atoms with E-state index in [0.717, 1.165) is 6.07 Å². The number of carboxylic acids is 1. The van der Waals surface area contributed by atoms with Gasteiger partial charge in [-0.15, -0.1) is 0 Å².